The van der Waals surface area contributed by atoms with E-state index in [-0.39, 0.29) is 17.1 Å². The Kier molecular flexibility index (Phi) is 7.45. The van der Waals surface area contributed by atoms with Crippen molar-refractivity contribution in [2.75, 3.05) is 19.6 Å². The number of halogens is 2. The number of fused-ring (bicyclic) bond motifs is 2. The number of aromatic amines is 1. The SMILES string of the molecule is O=c1c(-c2ccccc2Cl)c2n(c(=O)n1CCCCN1CCCC(c3c[nH]c4ccc(F)cc34)C1)CCCC2. The molecule has 0 saturated carbocycles. The predicted molar refractivity (Wildman–Crippen MR) is 154 cm³/mol. The van der Waals surface area contributed by atoms with Gasteiger partial charge >= 0.3 is 5.69 Å². The van der Waals surface area contributed by atoms with Crippen molar-refractivity contribution in [1.29, 1.82) is 0 Å². The largest absolute Gasteiger partial charge is 0.361 e. The fourth-order valence-corrected chi connectivity index (χ4v) is 6.73. The summed E-state index contributed by atoms with van der Waals surface area (Å²) >= 11 is 6.51. The smallest absolute Gasteiger partial charge is 0.331 e. The van der Waals surface area contributed by atoms with Crippen LogP contribution in [0.2, 0.25) is 5.02 Å². The standard InChI is InChI=1S/C31H34ClFN4O2/c32-26-10-2-1-9-23(26)29-28-11-3-4-16-36(28)31(39)37(30(29)38)17-6-5-14-35-15-7-8-21(20-35)25-19-34-27-13-12-22(33)18-24(25)27/h1-2,9-10,12-13,18-19,21,34H,3-8,11,14-17,20H2. The number of hydrogen-bond acceptors (Lipinski definition) is 3. The van der Waals surface area contributed by atoms with Crippen LogP contribution in [0.25, 0.3) is 22.0 Å². The molecular formula is C31H34ClFN4O2. The molecule has 2 aromatic carbocycles. The van der Waals surface area contributed by atoms with E-state index in [4.69, 9.17) is 11.6 Å². The molecule has 2 aromatic heterocycles. The van der Waals surface area contributed by atoms with E-state index < -0.39 is 0 Å². The van der Waals surface area contributed by atoms with Crippen molar-refractivity contribution in [3.63, 3.8) is 0 Å². The van der Waals surface area contributed by atoms with Crippen LogP contribution in [0.1, 0.15) is 55.7 Å². The molecule has 1 unspecified atom stereocenters. The second kappa shape index (κ2) is 11.1. The molecule has 204 valence electrons. The highest BCUT2D eigenvalue weighted by molar-refractivity contribution is 6.33. The maximum Gasteiger partial charge on any atom is 0.331 e. The molecule has 1 saturated heterocycles. The summed E-state index contributed by atoms with van der Waals surface area (Å²) in [5, 5.41) is 1.51. The van der Waals surface area contributed by atoms with Gasteiger partial charge in [0, 0.05) is 53.0 Å². The van der Waals surface area contributed by atoms with Gasteiger partial charge in [-0.3, -0.25) is 13.9 Å². The summed E-state index contributed by atoms with van der Waals surface area (Å²) in [7, 11) is 0. The van der Waals surface area contributed by atoms with Crippen molar-refractivity contribution in [1.82, 2.24) is 19.0 Å². The lowest BCUT2D eigenvalue weighted by Gasteiger charge is -2.32. The first kappa shape index (κ1) is 26.1. The van der Waals surface area contributed by atoms with Gasteiger partial charge < -0.3 is 9.88 Å². The Labute approximate surface area is 232 Å². The van der Waals surface area contributed by atoms with Crippen LogP contribution >= 0.6 is 11.6 Å². The second-order valence-corrected chi connectivity index (χ2v) is 11.3. The van der Waals surface area contributed by atoms with Gasteiger partial charge in [-0.15, -0.1) is 0 Å². The number of unbranched alkanes of at least 4 members (excludes halogenated alkanes) is 1. The first-order chi connectivity index (χ1) is 19.0. The van der Waals surface area contributed by atoms with Crippen LogP contribution in [0.5, 0.6) is 0 Å². The van der Waals surface area contributed by atoms with E-state index in [1.54, 1.807) is 22.8 Å². The fourth-order valence-electron chi connectivity index (χ4n) is 6.50. The molecule has 1 N–H and O–H groups in total. The van der Waals surface area contributed by atoms with Crippen molar-refractivity contribution in [2.45, 2.75) is 64.0 Å². The molecule has 39 heavy (non-hydrogen) atoms. The maximum atomic E-state index is 13.9. The highest BCUT2D eigenvalue weighted by Crippen LogP contribution is 2.33. The minimum Gasteiger partial charge on any atom is -0.361 e. The zero-order chi connectivity index (χ0) is 26.9. The molecule has 1 fully saturated rings. The third-order valence-electron chi connectivity index (χ3n) is 8.45. The topological polar surface area (TPSA) is 63.0 Å². The molecule has 1 atom stereocenters. The number of piperidine rings is 1. The van der Waals surface area contributed by atoms with Gasteiger partial charge in [-0.1, -0.05) is 29.8 Å². The van der Waals surface area contributed by atoms with Gasteiger partial charge in [0.15, 0.2) is 0 Å². The predicted octanol–water partition coefficient (Wildman–Crippen LogP) is 5.95. The number of nitrogens with zero attached hydrogens (tertiary/aromatic N) is 3. The molecule has 2 aliphatic rings. The van der Waals surface area contributed by atoms with Crippen LogP contribution in [-0.2, 0) is 19.5 Å². The fraction of sp³-hybridized carbons (Fsp3) is 0.419. The van der Waals surface area contributed by atoms with Crippen LogP contribution in [-0.4, -0.2) is 38.7 Å². The summed E-state index contributed by atoms with van der Waals surface area (Å²) in [4.78, 5) is 32.8. The Morgan fingerprint density at radius 2 is 1.85 bits per heavy atom. The number of benzene rings is 2. The molecular weight excluding hydrogens is 515 g/mol. The van der Waals surface area contributed by atoms with Gasteiger partial charge in [-0.05, 0) is 93.8 Å². The van der Waals surface area contributed by atoms with Gasteiger partial charge in [0.1, 0.15) is 5.82 Å². The Morgan fingerprint density at radius 1 is 1.00 bits per heavy atom. The van der Waals surface area contributed by atoms with Crippen LogP contribution in [0.3, 0.4) is 0 Å². The van der Waals surface area contributed by atoms with E-state index in [2.05, 4.69) is 9.88 Å². The van der Waals surface area contributed by atoms with E-state index in [0.717, 1.165) is 74.8 Å². The third-order valence-corrected chi connectivity index (χ3v) is 8.78. The van der Waals surface area contributed by atoms with Gasteiger partial charge in [0.2, 0.25) is 0 Å². The zero-order valence-corrected chi connectivity index (χ0v) is 22.9. The molecule has 0 radical (unpaired) electrons. The summed E-state index contributed by atoms with van der Waals surface area (Å²) in [5.74, 6) is 0.155. The quantitative estimate of drug-likeness (QED) is 0.290. The van der Waals surface area contributed by atoms with Gasteiger partial charge in [-0.2, -0.15) is 0 Å². The summed E-state index contributed by atoms with van der Waals surface area (Å²) in [6.07, 6.45) is 8.47. The molecule has 6 nitrogen and oxygen atoms in total. The highest BCUT2D eigenvalue weighted by Gasteiger charge is 2.25. The van der Waals surface area contributed by atoms with Crippen molar-refractivity contribution in [2.24, 2.45) is 0 Å². The molecule has 4 heterocycles. The average molecular weight is 549 g/mol. The molecule has 0 amide bonds. The summed E-state index contributed by atoms with van der Waals surface area (Å²) in [6, 6.07) is 12.3. The Hall–Kier alpha value is -3.16. The third kappa shape index (κ3) is 5.10. The second-order valence-electron chi connectivity index (χ2n) is 10.9. The lowest BCUT2D eigenvalue weighted by Crippen LogP contribution is -2.44. The van der Waals surface area contributed by atoms with E-state index in [9.17, 15) is 14.0 Å². The van der Waals surface area contributed by atoms with E-state index in [0.29, 0.717) is 41.6 Å². The molecule has 6 rings (SSSR count). The maximum absolute atomic E-state index is 13.9. The van der Waals surface area contributed by atoms with Crippen LogP contribution in [0.15, 0.2) is 58.3 Å². The first-order valence-electron chi connectivity index (χ1n) is 14.1. The van der Waals surface area contributed by atoms with Gasteiger partial charge in [-0.25, -0.2) is 9.18 Å². The van der Waals surface area contributed by atoms with Crippen LogP contribution < -0.4 is 11.2 Å². The van der Waals surface area contributed by atoms with E-state index >= 15 is 0 Å². The Morgan fingerprint density at radius 3 is 2.72 bits per heavy atom. The van der Waals surface area contributed by atoms with Crippen molar-refractivity contribution in [3.8, 4) is 11.1 Å². The highest BCUT2D eigenvalue weighted by atomic mass is 35.5. The van der Waals surface area contributed by atoms with Crippen LogP contribution in [0.4, 0.5) is 4.39 Å². The number of likely N-dealkylation sites (tertiary alicyclic amines) is 1. The van der Waals surface area contributed by atoms with Crippen molar-refractivity contribution >= 4 is 22.5 Å². The molecule has 8 heteroatoms. The summed E-state index contributed by atoms with van der Waals surface area (Å²) in [6.45, 7) is 3.91. The monoisotopic (exact) mass is 548 g/mol. The zero-order valence-electron chi connectivity index (χ0n) is 22.1. The minimum absolute atomic E-state index is 0.199. The molecule has 4 aromatic rings. The lowest BCUT2D eigenvalue weighted by atomic mass is 9.90. The number of rotatable bonds is 7. The lowest BCUT2D eigenvalue weighted by molar-refractivity contribution is 0.204. The molecule has 0 aliphatic carbocycles. The average Bonchev–Trinajstić information content (AvgIpc) is 3.37. The first-order valence-corrected chi connectivity index (χ1v) is 14.5. The summed E-state index contributed by atoms with van der Waals surface area (Å²) < 4.78 is 17.1. The van der Waals surface area contributed by atoms with E-state index in [1.165, 1.54) is 16.2 Å². The number of aromatic nitrogens is 3. The van der Waals surface area contributed by atoms with Gasteiger partial charge in [0.25, 0.3) is 5.56 Å². The summed E-state index contributed by atoms with van der Waals surface area (Å²) in [5.41, 5.74) is 3.84. The van der Waals surface area contributed by atoms with Crippen LogP contribution in [0, 0.1) is 5.82 Å². The molecule has 0 spiro atoms. The van der Waals surface area contributed by atoms with Crippen molar-refractivity contribution in [3.05, 3.63) is 91.6 Å². The minimum atomic E-state index is -0.231. The van der Waals surface area contributed by atoms with E-state index in [1.807, 2.05) is 24.4 Å². The van der Waals surface area contributed by atoms with Gasteiger partial charge in [0.05, 0.1) is 5.56 Å². The number of hydrogen-bond donors (Lipinski definition) is 1. The Balaban J connectivity index is 1.16. The number of H-pyrrole nitrogens is 1. The molecule has 0 bridgehead atoms. The molecule has 2 aliphatic heterocycles. The number of nitrogens with one attached hydrogen (secondary N) is 1. The Bertz CT molecular complexity index is 1620. The normalized spacial score (nSPS) is 17.9. The van der Waals surface area contributed by atoms with Crippen molar-refractivity contribution < 1.29 is 4.39 Å².